The van der Waals surface area contributed by atoms with Gasteiger partial charge in [0.15, 0.2) is 0 Å². The van der Waals surface area contributed by atoms with Crippen LogP contribution in [0.5, 0.6) is 0 Å². The predicted octanol–water partition coefficient (Wildman–Crippen LogP) is 2.94. The molecule has 1 rings (SSSR count). The van der Waals surface area contributed by atoms with Gasteiger partial charge in [-0.3, -0.25) is 4.79 Å². The third kappa shape index (κ3) is 6.97. The van der Waals surface area contributed by atoms with Crippen LogP contribution in [0.2, 0.25) is 0 Å². The molecule has 1 aromatic carbocycles. The summed E-state index contributed by atoms with van der Waals surface area (Å²) in [6.07, 6.45) is 3.54. The van der Waals surface area contributed by atoms with Gasteiger partial charge in [-0.1, -0.05) is 43.7 Å². The molecule has 0 heterocycles. The van der Waals surface area contributed by atoms with Crippen LogP contribution in [-0.2, 0) is 16.0 Å². The van der Waals surface area contributed by atoms with Gasteiger partial charge < -0.3 is 10.1 Å². The second kappa shape index (κ2) is 9.56. The van der Waals surface area contributed by atoms with Crippen molar-refractivity contribution in [1.82, 2.24) is 5.32 Å². The fourth-order valence-corrected chi connectivity index (χ4v) is 2.11. The van der Waals surface area contributed by atoms with Gasteiger partial charge in [-0.2, -0.15) is 0 Å². The zero-order valence-corrected chi connectivity index (χ0v) is 12.0. The maximum Gasteiger partial charge on any atom is 0.307 e. The average molecular weight is 263 g/mol. The molecule has 0 saturated carbocycles. The zero-order chi connectivity index (χ0) is 13.9. The number of benzene rings is 1. The Kier molecular flexibility index (Phi) is 7.91. The standard InChI is InChI=1S/C16H25NO2/c1-3-8-15(13-16(18)19-4-2)17-12-11-14-9-6-5-7-10-14/h5-7,9-10,15,17H,3-4,8,11-13H2,1-2H3. The molecule has 0 aromatic heterocycles. The molecule has 3 nitrogen and oxygen atoms in total. The van der Waals surface area contributed by atoms with Crippen molar-refractivity contribution in [3.05, 3.63) is 35.9 Å². The Morgan fingerprint density at radius 3 is 2.63 bits per heavy atom. The van der Waals surface area contributed by atoms with E-state index in [0.29, 0.717) is 13.0 Å². The van der Waals surface area contributed by atoms with Gasteiger partial charge in [0.25, 0.3) is 0 Å². The summed E-state index contributed by atoms with van der Waals surface area (Å²) in [5.41, 5.74) is 1.32. The van der Waals surface area contributed by atoms with E-state index < -0.39 is 0 Å². The molecule has 0 aliphatic rings. The number of ether oxygens (including phenoxy) is 1. The molecule has 0 aliphatic carbocycles. The number of carbonyl (C=O) groups excluding carboxylic acids is 1. The Morgan fingerprint density at radius 2 is 2.00 bits per heavy atom. The van der Waals surface area contributed by atoms with Crippen molar-refractivity contribution in [3.63, 3.8) is 0 Å². The fourth-order valence-electron chi connectivity index (χ4n) is 2.11. The Morgan fingerprint density at radius 1 is 1.26 bits per heavy atom. The lowest BCUT2D eigenvalue weighted by atomic mass is 10.1. The largest absolute Gasteiger partial charge is 0.466 e. The van der Waals surface area contributed by atoms with Crippen molar-refractivity contribution in [1.29, 1.82) is 0 Å². The van der Waals surface area contributed by atoms with E-state index in [-0.39, 0.29) is 12.0 Å². The summed E-state index contributed by atoms with van der Waals surface area (Å²) in [6.45, 7) is 5.34. The van der Waals surface area contributed by atoms with Crippen molar-refractivity contribution in [2.75, 3.05) is 13.2 Å². The lowest BCUT2D eigenvalue weighted by Crippen LogP contribution is -2.33. The summed E-state index contributed by atoms with van der Waals surface area (Å²) >= 11 is 0. The smallest absolute Gasteiger partial charge is 0.307 e. The number of carbonyl (C=O) groups is 1. The van der Waals surface area contributed by atoms with Crippen LogP contribution in [0.4, 0.5) is 0 Å². The van der Waals surface area contributed by atoms with Gasteiger partial charge in [0.2, 0.25) is 0 Å². The SMILES string of the molecule is CCCC(CC(=O)OCC)NCCc1ccccc1. The maximum absolute atomic E-state index is 11.5. The molecule has 0 aliphatic heterocycles. The Balaban J connectivity index is 2.30. The van der Waals surface area contributed by atoms with Crippen molar-refractivity contribution in [2.45, 2.75) is 45.6 Å². The van der Waals surface area contributed by atoms with E-state index in [1.807, 2.05) is 13.0 Å². The minimum absolute atomic E-state index is 0.104. The third-order valence-electron chi connectivity index (χ3n) is 3.05. The van der Waals surface area contributed by atoms with E-state index in [4.69, 9.17) is 4.74 Å². The molecule has 0 saturated heterocycles. The number of esters is 1. The van der Waals surface area contributed by atoms with Gasteiger partial charge in [0.05, 0.1) is 13.0 Å². The normalized spacial score (nSPS) is 12.1. The highest BCUT2D eigenvalue weighted by Gasteiger charge is 2.13. The van der Waals surface area contributed by atoms with E-state index in [9.17, 15) is 4.79 Å². The van der Waals surface area contributed by atoms with Gasteiger partial charge in [0, 0.05) is 6.04 Å². The topological polar surface area (TPSA) is 38.3 Å². The van der Waals surface area contributed by atoms with Crippen molar-refractivity contribution in [3.8, 4) is 0 Å². The summed E-state index contributed by atoms with van der Waals surface area (Å²) in [7, 11) is 0. The highest BCUT2D eigenvalue weighted by Crippen LogP contribution is 2.05. The van der Waals surface area contributed by atoms with E-state index in [1.165, 1.54) is 5.56 Å². The van der Waals surface area contributed by atoms with Gasteiger partial charge in [-0.25, -0.2) is 0 Å². The average Bonchev–Trinajstić information content (AvgIpc) is 2.40. The van der Waals surface area contributed by atoms with E-state index in [0.717, 1.165) is 25.8 Å². The second-order valence-corrected chi connectivity index (χ2v) is 4.68. The lowest BCUT2D eigenvalue weighted by Gasteiger charge is -2.17. The van der Waals surface area contributed by atoms with Crippen LogP contribution in [0.3, 0.4) is 0 Å². The molecule has 1 unspecified atom stereocenters. The molecule has 106 valence electrons. The first-order valence-electron chi connectivity index (χ1n) is 7.19. The summed E-state index contributed by atoms with van der Waals surface area (Å²) < 4.78 is 5.00. The monoisotopic (exact) mass is 263 g/mol. The molecule has 19 heavy (non-hydrogen) atoms. The number of rotatable bonds is 9. The molecule has 0 spiro atoms. The maximum atomic E-state index is 11.5. The zero-order valence-electron chi connectivity index (χ0n) is 12.0. The Bertz CT molecular complexity index is 351. The Labute approximate surface area is 116 Å². The summed E-state index contributed by atoms with van der Waals surface area (Å²) in [5.74, 6) is -0.104. The second-order valence-electron chi connectivity index (χ2n) is 4.68. The first-order valence-corrected chi connectivity index (χ1v) is 7.19. The molecule has 0 fully saturated rings. The van der Waals surface area contributed by atoms with Crippen molar-refractivity contribution in [2.24, 2.45) is 0 Å². The summed E-state index contributed by atoms with van der Waals surface area (Å²) in [4.78, 5) is 11.5. The highest BCUT2D eigenvalue weighted by atomic mass is 16.5. The van der Waals surface area contributed by atoms with E-state index in [2.05, 4.69) is 36.5 Å². The van der Waals surface area contributed by atoms with Crippen LogP contribution >= 0.6 is 0 Å². The molecule has 0 bridgehead atoms. The highest BCUT2D eigenvalue weighted by molar-refractivity contribution is 5.70. The van der Waals surface area contributed by atoms with Crippen molar-refractivity contribution >= 4 is 5.97 Å². The molecule has 1 aromatic rings. The molecule has 1 N–H and O–H groups in total. The number of nitrogens with one attached hydrogen (secondary N) is 1. The minimum Gasteiger partial charge on any atom is -0.466 e. The molecule has 0 amide bonds. The Hall–Kier alpha value is -1.35. The van der Waals surface area contributed by atoms with Crippen LogP contribution in [0, 0.1) is 0 Å². The van der Waals surface area contributed by atoms with Crippen LogP contribution in [-0.4, -0.2) is 25.2 Å². The lowest BCUT2D eigenvalue weighted by molar-refractivity contribution is -0.143. The first kappa shape index (κ1) is 15.7. The summed E-state index contributed by atoms with van der Waals surface area (Å²) in [6, 6.07) is 10.6. The van der Waals surface area contributed by atoms with Gasteiger partial charge in [-0.15, -0.1) is 0 Å². The summed E-state index contributed by atoms with van der Waals surface area (Å²) in [5, 5.41) is 3.46. The van der Waals surface area contributed by atoms with Crippen LogP contribution < -0.4 is 5.32 Å². The molecular weight excluding hydrogens is 238 g/mol. The molecule has 3 heteroatoms. The van der Waals surface area contributed by atoms with E-state index in [1.54, 1.807) is 0 Å². The predicted molar refractivity (Wildman–Crippen MR) is 78.1 cm³/mol. The van der Waals surface area contributed by atoms with E-state index >= 15 is 0 Å². The number of hydrogen-bond donors (Lipinski definition) is 1. The fraction of sp³-hybridized carbons (Fsp3) is 0.562. The van der Waals surface area contributed by atoms with Crippen LogP contribution in [0.15, 0.2) is 30.3 Å². The van der Waals surface area contributed by atoms with Gasteiger partial charge >= 0.3 is 5.97 Å². The molecule has 0 radical (unpaired) electrons. The quantitative estimate of drug-likeness (QED) is 0.696. The van der Waals surface area contributed by atoms with Crippen molar-refractivity contribution < 1.29 is 9.53 Å². The third-order valence-corrected chi connectivity index (χ3v) is 3.05. The first-order chi connectivity index (χ1) is 9.26. The number of hydrogen-bond acceptors (Lipinski definition) is 3. The molecule has 1 atom stereocenters. The van der Waals surface area contributed by atoms with Gasteiger partial charge in [-0.05, 0) is 31.9 Å². The minimum atomic E-state index is -0.104. The molecular formula is C16H25NO2. The van der Waals surface area contributed by atoms with Crippen LogP contribution in [0.1, 0.15) is 38.7 Å². The van der Waals surface area contributed by atoms with Crippen LogP contribution in [0.25, 0.3) is 0 Å². The van der Waals surface area contributed by atoms with Gasteiger partial charge in [0.1, 0.15) is 0 Å².